The van der Waals surface area contributed by atoms with Crippen LogP contribution >= 0.6 is 0 Å². The summed E-state index contributed by atoms with van der Waals surface area (Å²) in [5, 5.41) is 12.3. The summed E-state index contributed by atoms with van der Waals surface area (Å²) in [7, 11) is 1.65. The molecule has 1 aliphatic carbocycles. The lowest BCUT2D eigenvalue weighted by Gasteiger charge is -2.17. The van der Waals surface area contributed by atoms with E-state index in [1.54, 1.807) is 19.4 Å². The van der Waals surface area contributed by atoms with Crippen LogP contribution in [0.3, 0.4) is 0 Å². The minimum Gasteiger partial charge on any atom is -0.497 e. The van der Waals surface area contributed by atoms with Crippen LogP contribution in [0.4, 0.5) is 5.95 Å². The van der Waals surface area contributed by atoms with Gasteiger partial charge in [0.15, 0.2) is 0 Å². The van der Waals surface area contributed by atoms with Crippen LogP contribution in [0.25, 0.3) is 11.3 Å². The molecule has 5 nitrogen and oxygen atoms in total. The fraction of sp³-hybridized carbons (Fsp3) is 0.167. The smallest absolute Gasteiger partial charge is 0.223 e. The maximum Gasteiger partial charge on any atom is 0.223 e. The van der Waals surface area contributed by atoms with E-state index in [0.717, 1.165) is 23.4 Å². The number of rotatable bonds is 4. The average molecular weight is 304 g/mol. The lowest BCUT2D eigenvalue weighted by Crippen LogP contribution is -2.20. The fourth-order valence-corrected chi connectivity index (χ4v) is 2.39. The van der Waals surface area contributed by atoms with Crippen LogP contribution in [0.2, 0.25) is 0 Å². The largest absolute Gasteiger partial charge is 0.497 e. The van der Waals surface area contributed by atoms with Crippen molar-refractivity contribution < 1.29 is 4.74 Å². The molecule has 1 aliphatic rings. The Labute approximate surface area is 135 Å². The zero-order valence-electron chi connectivity index (χ0n) is 12.7. The molecule has 3 rings (SSSR count). The average Bonchev–Trinajstić information content (AvgIpc) is 2.62. The Morgan fingerprint density at radius 1 is 1.35 bits per heavy atom. The summed E-state index contributed by atoms with van der Waals surface area (Å²) < 4.78 is 5.24. The van der Waals surface area contributed by atoms with Crippen molar-refractivity contribution in [1.29, 1.82) is 5.26 Å². The van der Waals surface area contributed by atoms with Crippen LogP contribution in [0.5, 0.6) is 0 Å². The Morgan fingerprint density at radius 2 is 2.26 bits per heavy atom. The number of benzene rings is 1. The van der Waals surface area contributed by atoms with Crippen LogP contribution < -0.4 is 5.32 Å². The number of nitriles is 1. The van der Waals surface area contributed by atoms with Gasteiger partial charge in [0, 0.05) is 11.8 Å². The highest BCUT2D eigenvalue weighted by Gasteiger charge is 2.11. The highest BCUT2D eigenvalue weighted by Crippen LogP contribution is 2.20. The third-order valence-electron chi connectivity index (χ3n) is 3.53. The Morgan fingerprint density at radius 3 is 3.09 bits per heavy atom. The maximum absolute atomic E-state index is 9.01. The molecule has 5 heteroatoms. The first-order valence-electron chi connectivity index (χ1n) is 7.31. The Bertz CT molecular complexity index is 805. The summed E-state index contributed by atoms with van der Waals surface area (Å²) in [5.41, 5.74) is 2.29. The van der Waals surface area contributed by atoms with Gasteiger partial charge in [-0.05, 0) is 36.8 Å². The zero-order chi connectivity index (χ0) is 16.1. The lowest BCUT2D eigenvalue weighted by molar-refractivity contribution is 0.303. The van der Waals surface area contributed by atoms with Gasteiger partial charge < -0.3 is 10.1 Å². The highest BCUT2D eigenvalue weighted by molar-refractivity contribution is 5.62. The second-order valence-corrected chi connectivity index (χ2v) is 5.12. The molecule has 1 heterocycles. The Hall–Kier alpha value is -3.13. The minimum absolute atomic E-state index is 0.0932. The molecule has 2 aromatic rings. The van der Waals surface area contributed by atoms with Gasteiger partial charge in [0.05, 0.1) is 30.5 Å². The second-order valence-electron chi connectivity index (χ2n) is 5.12. The quantitative estimate of drug-likeness (QED) is 0.938. The summed E-state index contributed by atoms with van der Waals surface area (Å²) >= 11 is 0. The topological polar surface area (TPSA) is 70.8 Å². The molecule has 0 aliphatic heterocycles. The third kappa shape index (κ3) is 3.55. The molecule has 1 unspecified atom stereocenters. The van der Waals surface area contributed by atoms with Crippen LogP contribution in [-0.2, 0) is 4.74 Å². The Kier molecular flexibility index (Phi) is 4.34. The molecule has 1 atom stereocenters. The monoisotopic (exact) mass is 304 g/mol. The number of hydrogen-bond acceptors (Lipinski definition) is 5. The van der Waals surface area contributed by atoms with Crippen molar-refractivity contribution in [2.24, 2.45) is 0 Å². The Balaban J connectivity index is 1.82. The van der Waals surface area contributed by atoms with Crippen molar-refractivity contribution >= 4 is 5.95 Å². The van der Waals surface area contributed by atoms with E-state index in [1.807, 2.05) is 36.4 Å². The summed E-state index contributed by atoms with van der Waals surface area (Å²) in [6.45, 7) is 0. The van der Waals surface area contributed by atoms with E-state index in [2.05, 4.69) is 27.4 Å². The van der Waals surface area contributed by atoms with E-state index in [9.17, 15) is 0 Å². The fourth-order valence-electron chi connectivity index (χ4n) is 2.39. The molecule has 23 heavy (non-hydrogen) atoms. The van der Waals surface area contributed by atoms with Gasteiger partial charge in [-0.25, -0.2) is 9.97 Å². The normalized spacial score (nSPS) is 16.3. The van der Waals surface area contributed by atoms with Gasteiger partial charge in [-0.1, -0.05) is 18.2 Å². The van der Waals surface area contributed by atoms with E-state index in [0.29, 0.717) is 11.5 Å². The number of ether oxygens (including phenoxy) is 1. The van der Waals surface area contributed by atoms with E-state index in [4.69, 9.17) is 10.00 Å². The molecule has 0 saturated heterocycles. The number of methoxy groups -OCH3 is 1. The van der Waals surface area contributed by atoms with E-state index in [-0.39, 0.29) is 6.04 Å². The molecule has 0 radical (unpaired) electrons. The number of nitrogens with zero attached hydrogens (tertiary/aromatic N) is 3. The van der Waals surface area contributed by atoms with Crippen LogP contribution in [0.1, 0.15) is 12.0 Å². The van der Waals surface area contributed by atoms with Gasteiger partial charge in [0.25, 0.3) is 0 Å². The molecule has 114 valence electrons. The number of nitrogens with one attached hydrogen (secondary N) is 1. The van der Waals surface area contributed by atoms with Crippen LogP contribution in [-0.4, -0.2) is 23.1 Å². The SMILES string of the molecule is COC1=CC(Nc2nccc(-c3cccc(C#N)c3)n2)CC=C1. The van der Waals surface area contributed by atoms with Gasteiger partial charge >= 0.3 is 0 Å². The van der Waals surface area contributed by atoms with Gasteiger partial charge in [0.1, 0.15) is 5.76 Å². The molecule has 1 N–H and O–H groups in total. The first-order valence-corrected chi connectivity index (χ1v) is 7.31. The number of allylic oxidation sites excluding steroid dienone is 1. The number of hydrogen-bond donors (Lipinski definition) is 1. The van der Waals surface area contributed by atoms with Crippen LogP contribution in [0, 0.1) is 11.3 Å². The summed E-state index contributed by atoms with van der Waals surface area (Å²) in [4.78, 5) is 8.81. The maximum atomic E-state index is 9.01. The van der Waals surface area contributed by atoms with E-state index < -0.39 is 0 Å². The zero-order valence-corrected chi connectivity index (χ0v) is 12.7. The molecule has 0 saturated carbocycles. The molecular weight excluding hydrogens is 288 g/mol. The van der Waals surface area contributed by atoms with Crippen molar-refractivity contribution in [3.8, 4) is 17.3 Å². The molecule has 0 fully saturated rings. The van der Waals surface area contributed by atoms with E-state index >= 15 is 0 Å². The summed E-state index contributed by atoms with van der Waals surface area (Å²) in [5.74, 6) is 1.38. The van der Waals surface area contributed by atoms with Crippen molar-refractivity contribution in [1.82, 2.24) is 9.97 Å². The molecular formula is C18H16N4O. The predicted molar refractivity (Wildman–Crippen MR) is 88.4 cm³/mol. The molecule has 0 amide bonds. The molecule has 1 aromatic carbocycles. The highest BCUT2D eigenvalue weighted by atomic mass is 16.5. The van der Waals surface area contributed by atoms with Crippen molar-refractivity contribution in [2.75, 3.05) is 12.4 Å². The summed E-state index contributed by atoms with van der Waals surface area (Å²) in [6, 6.07) is 11.4. The number of aromatic nitrogens is 2. The van der Waals surface area contributed by atoms with Gasteiger partial charge in [-0.15, -0.1) is 0 Å². The van der Waals surface area contributed by atoms with E-state index in [1.165, 1.54) is 0 Å². The lowest BCUT2D eigenvalue weighted by atomic mass is 10.1. The predicted octanol–water partition coefficient (Wildman–Crippen LogP) is 3.29. The van der Waals surface area contributed by atoms with Gasteiger partial charge in [-0.3, -0.25) is 0 Å². The first-order chi connectivity index (χ1) is 11.3. The van der Waals surface area contributed by atoms with Crippen molar-refractivity contribution in [3.63, 3.8) is 0 Å². The van der Waals surface area contributed by atoms with Gasteiger partial charge in [0.2, 0.25) is 5.95 Å². The second kappa shape index (κ2) is 6.75. The molecule has 0 spiro atoms. The third-order valence-corrected chi connectivity index (χ3v) is 3.53. The van der Waals surface area contributed by atoms with Crippen molar-refractivity contribution in [2.45, 2.75) is 12.5 Å². The van der Waals surface area contributed by atoms with Gasteiger partial charge in [-0.2, -0.15) is 5.26 Å². The van der Waals surface area contributed by atoms with Crippen LogP contribution in [0.15, 0.2) is 60.5 Å². The molecule has 1 aromatic heterocycles. The molecule has 0 bridgehead atoms. The standard InChI is InChI=1S/C18H16N4O/c1-23-16-7-3-6-15(11-16)21-18-20-9-8-17(22-18)14-5-2-4-13(10-14)12-19/h2-5,7-11,15H,6H2,1H3,(H,20,21,22). The number of anilines is 1. The minimum atomic E-state index is 0.0932. The summed E-state index contributed by atoms with van der Waals surface area (Å²) in [6.07, 6.45) is 8.57. The first kappa shape index (κ1) is 14.8. The van der Waals surface area contributed by atoms with Crippen molar-refractivity contribution in [3.05, 3.63) is 66.1 Å².